The predicted molar refractivity (Wildman–Crippen MR) is 128 cm³/mol. The van der Waals surface area contributed by atoms with Crippen molar-refractivity contribution in [1.82, 2.24) is 29.3 Å². The lowest BCUT2D eigenvalue weighted by Gasteiger charge is -2.12. The highest BCUT2D eigenvalue weighted by molar-refractivity contribution is 5.84. The van der Waals surface area contributed by atoms with Crippen LogP contribution in [0, 0.1) is 0 Å². The smallest absolute Gasteiger partial charge is 0.165 e. The first kappa shape index (κ1) is 18.6. The Bertz CT molecular complexity index is 1520. The lowest BCUT2D eigenvalue weighted by molar-refractivity contribution is 0.658. The van der Waals surface area contributed by atoms with Gasteiger partial charge >= 0.3 is 0 Å². The molecule has 0 unspecified atom stereocenters. The first-order chi connectivity index (χ1) is 16.2. The summed E-state index contributed by atoms with van der Waals surface area (Å²) in [5.74, 6) is 1.21. The van der Waals surface area contributed by atoms with Crippen molar-refractivity contribution >= 4 is 17.0 Å². The zero-order chi connectivity index (χ0) is 21.9. The fourth-order valence-corrected chi connectivity index (χ4v) is 5.21. The molecule has 4 aromatic heterocycles. The van der Waals surface area contributed by atoms with Gasteiger partial charge in [0.25, 0.3) is 0 Å². The van der Waals surface area contributed by atoms with E-state index in [0.29, 0.717) is 5.82 Å². The SMILES string of the molecule is Nc1ncccc1-c1nc2ccc(-c3cc4n(n3)CCC4)nc2n1-c1ccc2c(c1)CCC2. The quantitative estimate of drug-likeness (QED) is 0.457. The number of benzene rings is 1. The second kappa shape index (κ2) is 7.00. The Hall–Kier alpha value is -4.00. The zero-order valence-corrected chi connectivity index (χ0v) is 18.2. The van der Waals surface area contributed by atoms with Crippen molar-refractivity contribution in [2.75, 3.05) is 5.73 Å². The van der Waals surface area contributed by atoms with Gasteiger partial charge in [0.15, 0.2) is 11.5 Å². The van der Waals surface area contributed by atoms with Gasteiger partial charge in [-0.2, -0.15) is 5.10 Å². The molecule has 0 spiro atoms. The fraction of sp³-hybridized carbons (Fsp3) is 0.231. The molecular formula is C26H23N7. The van der Waals surface area contributed by atoms with E-state index < -0.39 is 0 Å². The first-order valence-corrected chi connectivity index (χ1v) is 11.5. The second-order valence-corrected chi connectivity index (χ2v) is 8.90. The van der Waals surface area contributed by atoms with Crippen LogP contribution in [0.25, 0.3) is 39.6 Å². The van der Waals surface area contributed by atoms with Crippen molar-refractivity contribution < 1.29 is 0 Å². The van der Waals surface area contributed by atoms with Gasteiger partial charge < -0.3 is 5.73 Å². The van der Waals surface area contributed by atoms with Crippen LogP contribution in [0.3, 0.4) is 0 Å². The number of aryl methyl sites for hydroxylation is 4. The normalized spacial score (nSPS) is 14.7. The topological polar surface area (TPSA) is 87.4 Å². The highest BCUT2D eigenvalue weighted by atomic mass is 15.3. The minimum absolute atomic E-state index is 0.459. The maximum atomic E-state index is 6.28. The molecule has 0 fully saturated rings. The number of fused-ring (bicyclic) bond motifs is 3. The number of hydrogen-bond acceptors (Lipinski definition) is 5. The second-order valence-electron chi connectivity index (χ2n) is 8.90. The van der Waals surface area contributed by atoms with Crippen LogP contribution >= 0.6 is 0 Å². The monoisotopic (exact) mass is 433 g/mol. The van der Waals surface area contributed by atoms with E-state index in [4.69, 9.17) is 20.8 Å². The summed E-state index contributed by atoms with van der Waals surface area (Å²) in [6.45, 7) is 0.981. The van der Waals surface area contributed by atoms with E-state index >= 15 is 0 Å². The van der Waals surface area contributed by atoms with Crippen molar-refractivity contribution in [2.24, 2.45) is 0 Å². The van der Waals surface area contributed by atoms with E-state index in [1.54, 1.807) is 6.20 Å². The van der Waals surface area contributed by atoms with E-state index in [-0.39, 0.29) is 0 Å². The average Bonchev–Trinajstić information content (AvgIpc) is 3.60. The van der Waals surface area contributed by atoms with Gasteiger partial charge in [-0.05, 0) is 85.7 Å². The van der Waals surface area contributed by atoms with Crippen LogP contribution in [0.2, 0.25) is 0 Å². The molecule has 0 amide bonds. The Balaban J connectivity index is 1.47. The Morgan fingerprint density at radius 3 is 2.70 bits per heavy atom. The van der Waals surface area contributed by atoms with Gasteiger partial charge in [0, 0.05) is 24.1 Å². The fourth-order valence-electron chi connectivity index (χ4n) is 5.21. The number of hydrogen-bond donors (Lipinski definition) is 1. The summed E-state index contributed by atoms with van der Waals surface area (Å²) >= 11 is 0. The van der Waals surface area contributed by atoms with Gasteiger partial charge in [-0.3, -0.25) is 9.25 Å². The molecule has 1 aliphatic carbocycles. The lowest BCUT2D eigenvalue weighted by Crippen LogP contribution is -2.03. The van der Waals surface area contributed by atoms with Gasteiger partial charge in [0.1, 0.15) is 17.0 Å². The Morgan fingerprint density at radius 1 is 0.848 bits per heavy atom. The predicted octanol–water partition coefficient (Wildman–Crippen LogP) is 4.36. The van der Waals surface area contributed by atoms with E-state index in [1.165, 1.54) is 23.2 Å². The van der Waals surface area contributed by atoms with Crippen molar-refractivity contribution in [2.45, 2.75) is 38.6 Å². The molecule has 7 rings (SSSR count). The van der Waals surface area contributed by atoms with Crippen LogP contribution < -0.4 is 5.73 Å². The summed E-state index contributed by atoms with van der Waals surface area (Å²) in [6, 6.07) is 16.7. The zero-order valence-electron chi connectivity index (χ0n) is 18.2. The summed E-state index contributed by atoms with van der Waals surface area (Å²) in [5, 5.41) is 4.79. The van der Waals surface area contributed by atoms with Crippen molar-refractivity contribution in [3.05, 3.63) is 71.5 Å². The largest absolute Gasteiger partial charge is 0.383 e. The van der Waals surface area contributed by atoms with Crippen LogP contribution in [0.5, 0.6) is 0 Å². The minimum atomic E-state index is 0.459. The molecule has 7 nitrogen and oxygen atoms in total. The number of nitrogen functional groups attached to an aromatic ring is 1. The maximum absolute atomic E-state index is 6.28. The highest BCUT2D eigenvalue weighted by Crippen LogP contribution is 2.33. The van der Waals surface area contributed by atoms with Crippen LogP contribution in [-0.4, -0.2) is 29.3 Å². The standard InChI is InChI=1S/C26H23N7/c27-24-20(7-2-12-28-24)25-30-22-11-10-21(23-15-18-6-3-13-32(18)31-23)29-26(22)33(25)19-9-8-16-4-1-5-17(16)14-19/h2,7-12,14-15H,1,3-6,13H2,(H2,27,28). The van der Waals surface area contributed by atoms with Crippen molar-refractivity contribution in [3.63, 3.8) is 0 Å². The number of aromatic nitrogens is 6. The lowest BCUT2D eigenvalue weighted by atomic mass is 10.1. The molecule has 1 aliphatic heterocycles. The number of anilines is 1. The number of imidazole rings is 1. The van der Waals surface area contributed by atoms with Gasteiger partial charge in [-0.1, -0.05) is 6.07 Å². The van der Waals surface area contributed by atoms with Gasteiger partial charge in [0.05, 0.1) is 11.3 Å². The van der Waals surface area contributed by atoms with Crippen LogP contribution in [0.4, 0.5) is 5.82 Å². The average molecular weight is 434 g/mol. The Labute approximate surface area is 190 Å². The van der Waals surface area contributed by atoms with Crippen LogP contribution in [0.1, 0.15) is 29.7 Å². The molecular weight excluding hydrogens is 410 g/mol. The molecule has 0 saturated carbocycles. The molecule has 5 aromatic rings. The van der Waals surface area contributed by atoms with E-state index in [9.17, 15) is 0 Å². The molecule has 0 bridgehead atoms. The van der Waals surface area contributed by atoms with Gasteiger partial charge in [-0.15, -0.1) is 0 Å². The van der Waals surface area contributed by atoms with Crippen molar-refractivity contribution in [3.8, 4) is 28.5 Å². The molecule has 1 aromatic carbocycles. The molecule has 162 valence electrons. The summed E-state index contributed by atoms with van der Waals surface area (Å²) in [5.41, 5.74) is 15.6. The molecule has 2 N–H and O–H groups in total. The number of nitrogens with two attached hydrogens (primary N) is 1. The van der Waals surface area contributed by atoms with E-state index in [1.807, 2.05) is 24.3 Å². The summed E-state index contributed by atoms with van der Waals surface area (Å²) in [4.78, 5) is 14.3. The molecule has 0 radical (unpaired) electrons. The highest BCUT2D eigenvalue weighted by Gasteiger charge is 2.21. The van der Waals surface area contributed by atoms with E-state index in [0.717, 1.165) is 71.9 Å². The number of pyridine rings is 2. The number of rotatable bonds is 3. The molecule has 0 atom stereocenters. The Kier molecular flexibility index (Phi) is 3.94. The summed E-state index contributed by atoms with van der Waals surface area (Å²) in [7, 11) is 0. The third-order valence-electron chi connectivity index (χ3n) is 6.85. The van der Waals surface area contributed by atoms with E-state index in [2.05, 4.69) is 38.5 Å². The first-order valence-electron chi connectivity index (χ1n) is 11.5. The molecule has 5 heterocycles. The number of nitrogens with zero attached hydrogens (tertiary/aromatic N) is 6. The summed E-state index contributed by atoms with van der Waals surface area (Å²) < 4.78 is 4.22. The van der Waals surface area contributed by atoms with Gasteiger partial charge in [0.2, 0.25) is 0 Å². The molecule has 2 aliphatic rings. The Morgan fingerprint density at radius 2 is 1.79 bits per heavy atom. The minimum Gasteiger partial charge on any atom is -0.383 e. The maximum Gasteiger partial charge on any atom is 0.165 e. The third-order valence-corrected chi connectivity index (χ3v) is 6.85. The summed E-state index contributed by atoms with van der Waals surface area (Å²) in [6.07, 6.45) is 7.41. The van der Waals surface area contributed by atoms with Crippen molar-refractivity contribution in [1.29, 1.82) is 0 Å². The molecule has 7 heteroatoms. The third kappa shape index (κ3) is 2.88. The van der Waals surface area contributed by atoms with Crippen LogP contribution in [-0.2, 0) is 25.8 Å². The van der Waals surface area contributed by atoms with Gasteiger partial charge in [-0.25, -0.2) is 15.0 Å². The molecule has 33 heavy (non-hydrogen) atoms. The molecule has 0 saturated heterocycles. The van der Waals surface area contributed by atoms with Crippen LogP contribution in [0.15, 0.2) is 54.7 Å².